The number of rotatable bonds is 2. The van der Waals surface area contributed by atoms with E-state index in [-0.39, 0.29) is 0 Å². The van der Waals surface area contributed by atoms with Gasteiger partial charge in [-0.1, -0.05) is 23.2 Å². The maximum Gasteiger partial charge on any atom is 0.106 e. The number of nitrogens with zero attached hydrogens (tertiary/aromatic N) is 2. The van der Waals surface area contributed by atoms with Gasteiger partial charge in [-0.05, 0) is 30.7 Å². The fraction of sp³-hybridized carbons (Fsp3) is 0.357. The average Bonchev–Trinajstić information content (AvgIpc) is 2.71. The van der Waals surface area contributed by atoms with Gasteiger partial charge in [-0.2, -0.15) is 0 Å². The van der Waals surface area contributed by atoms with Crippen LogP contribution < -0.4 is 5.32 Å². The first-order chi connectivity index (χ1) is 9.15. The van der Waals surface area contributed by atoms with E-state index in [9.17, 15) is 0 Å². The molecule has 0 atom stereocenters. The highest BCUT2D eigenvalue weighted by Crippen LogP contribution is 2.24. The summed E-state index contributed by atoms with van der Waals surface area (Å²) in [5.41, 5.74) is 3.50. The molecular formula is C14H15Cl2N3. The SMILES string of the molecule is Cc1nc2c(n1Cc1cc(Cl)ccc1Cl)CNCC2. The predicted molar refractivity (Wildman–Crippen MR) is 77.9 cm³/mol. The number of halogens is 2. The summed E-state index contributed by atoms with van der Waals surface area (Å²) in [6, 6.07) is 5.58. The van der Waals surface area contributed by atoms with Crippen molar-refractivity contribution in [2.45, 2.75) is 26.4 Å². The number of nitrogens with one attached hydrogen (secondary N) is 1. The molecule has 0 radical (unpaired) electrons. The van der Waals surface area contributed by atoms with Gasteiger partial charge in [0.25, 0.3) is 0 Å². The van der Waals surface area contributed by atoms with Gasteiger partial charge < -0.3 is 9.88 Å². The van der Waals surface area contributed by atoms with Crippen molar-refractivity contribution in [2.75, 3.05) is 6.54 Å². The summed E-state index contributed by atoms with van der Waals surface area (Å²) in [7, 11) is 0. The highest BCUT2D eigenvalue weighted by molar-refractivity contribution is 6.33. The van der Waals surface area contributed by atoms with Crippen LogP contribution in [-0.4, -0.2) is 16.1 Å². The quantitative estimate of drug-likeness (QED) is 0.922. The van der Waals surface area contributed by atoms with Crippen molar-refractivity contribution in [3.05, 3.63) is 51.0 Å². The average molecular weight is 296 g/mol. The second kappa shape index (κ2) is 5.16. The van der Waals surface area contributed by atoms with Gasteiger partial charge in [-0.3, -0.25) is 0 Å². The number of aromatic nitrogens is 2. The van der Waals surface area contributed by atoms with Crippen molar-refractivity contribution in [1.29, 1.82) is 0 Å². The second-order valence-corrected chi connectivity index (χ2v) is 5.64. The largest absolute Gasteiger partial charge is 0.326 e. The van der Waals surface area contributed by atoms with Gasteiger partial charge in [0, 0.05) is 29.6 Å². The minimum absolute atomic E-state index is 0.712. The third-order valence-corrected chi connectivity index (χ3v) is 4.12. The van der Waals surface area contributed by atoms with Crippen LogP contribution in [0.1, 0.15) is 22.8 Å². The van der Waals surface area contributed by atoms with Crippen molar-refractivity contribution in [3.63, 3.8) is 0 Å². The molecule has 0 saturated heterocycles. The maximum atomic E-state index is 6.24. The maximum absolute atomic E-state index is 6.24. The highest BCUT2D eigenvalue weighted by atomic mass is 35.5. The molecular weight excluding hydrogens is 281 g/mol. The molecule has 3 nitrogen and oxygen atoms in total. The van der Waals surface area contributed by atoms with Crippen molar-refractivity contribution in [2.24, 2.45) is 0 Å². The minimum Gasteiger partial charge on any atom is -0.326 e. The summed E-state index contributed by atoms with van der Waals surface area (Å²) in [5, 5.41) is 4.84. The zero-order valence-corrected chi connectivity index (χ0v) is 12.2. The van der Waals surface area contributed by atoms with Gasteiger partial charge in [0.05, 0.1) is 17.9 Å². The first kappa shape index (κ1) is 13.0. The van der Waals surface area contributed by atoms with Crippen LogP contribution in [0, 0.1) is 6.92 Å². The standard InChI is InChI=1S/C14H15Cl2N3/c1-9-18-13-4-5-17-7-14(13)19(9)8-10-6-11(15)2-3-12(10)16/h2-3,6,17H,4-5,7-8H2,1H3. The first-order valence-electron chi connectivity index (χ1n) is 6.34. The van der Waals surface area contributed by atoms with Crippen molar-refractivity contribution in [1.82, 2.24) is 14.9 Å². The van der Waals surface area contributed by atoms with E-state index in [2.05, 4.69) is 14.9 Å². The Morgan fingerprint density at radius 1 is 1.37 bits per heavy atom. The Hall–Kier alpha value is -1.03. The van der Waals surface area contributed by atoms with Crippen molar-refractivity contribution >= 4 is 23.2 Å². The highest BCUT2D eigenvalue weighted by Gasteiger charge is 2.18. The fourth-order valence-corrected chi connectivity index (χ4v) is 2.90. The van der Waals surface area contributed by atoms with Gasteiger partial charge in [0.1, 0.15) is 5.82 Å². The number of hydrogen-bond donors (Lipinski definition) is 1. The molecule has 5 heteroatoms. The Morgan fingerprint density at radius 2 is 2.21 bits per heavy atom. The van der Waals surface area contributed by atoms with Crippen LogP contribution in [0.4, 0.5) is 0 Å². The van der Waals surface area contributed by atoms with Crippen LogP contribution in [0.25, 0.3) is 0 Å². The molecule has 0 bridgehead atoms. The van der Waals surface area contributed by atoms with E-state index in [1.54, 1.807) is 0 Å². The van der Waals surface area contributed by atoms with E-state index >= 15 is 0 Å². The molecule has 3 rings (SSSR count). The Kier molecular flexibility index (Phi) is 3.52. The summed E-state index contributed by atoms with van der Waals surface area (Å²) in [6.07, 6.45) is 0.993. The molecule has 1 aromatic heterocycles. The number of imidazole rings is 1. The molecule has 100 valence electrons. The van der Waals surface area contributed by atoms with Crippen LogP contribution in [0.2, 0.25) is 10.0 Å². The molecule has 0 saturated carbocycles. The van der Waals surface area contributed by atoms with Crippen LogP contribution in [0.3, 0.4) is 0 Å². The number of benzene rings is 1. The lowest BCUT2D eigenvalue weighted by atomic mass is 10.1. The molecule has 0 amide bonds. The lowest BCUT2D eigenvalue weighted by molar-refractivity contribution is 0.592. The monoisotopic (exact) mass is 295 g/mol. The van der Waals surface area contributed by atoms with Crippen LogP contribution in [0.15, 0.2) is 18.2 Å². The van der Waals surface area contributed by atoms with Crippen molar-refractivity contribution in [3.8, 4) is 0 Å². The van der Waals surface area contributed by atoms with Gasteiger partial charge in [0.15, 0.2) is 0 Å². The molecule has 2 heterocycles. The molecule has 0 spiro atoms. The van der Waals surface area contributed by atoms with E-state index in [1.165, 1.54) is 11.4 Å². The molecule has 1 N–H and O–H groups in total. The van der Waals surface area contributed by atoms with Gasteiger partial charge in [-0.25, -0.2) is 4.98 Å². The molecule has 1 aromatic carbocycles. The molecule has 19 heavy (non-hydrogen) atoms. The Balaban J connectivity index is 1.99. The predicted octanol–water partition coefficient (Wildman–Crippen LogP) is 3.19. The Morgan fingerprint density at radius 3 is 3.05 bits per heavy atom. The Bertz CT molecular complexity index is 619. The van der Waals surface area contributed by atoms with E-state index in [1.807, 2.05) is 25.1 Å². The third-order valence-electron chi connectivity index (χ3n) is 3.51. The van der Waals surface area contributed by atoms with Crippen LogP contribution in [-0.2, 0) is 19.5 Å². The summed E-state index contributed by atoms with van der Waals surface area (Å²) >= 11 is 12.3. The van der Waals surface area contributed by atoms with E-state index in [4.69, 9.17) is 23.2 Å². The van der Waals surface area contributed by atoms with Gasteiger partial charge in [0.2, 0.25) is 0 Å². The molecule has 0 unspecified atom stereocenters. The molecule has 1 aliphatic heterocycles. The van der Waals surface area contributed by atoms with Crippen LogP contribution in [0.5, 0.6) is 0 Å². The summed E-state index contributed by atoms with van der Waals surface area (Å²) in [4.78, 5) is 4.65. The molecule has 1 aliphatic rings. The van der Waals surface area contributed by atoms with E-state index in [0.29, 0.717) is 5.02 Å². The summed E-state index contributed by atoms with van der Waals surface area (Å²) in [6.45, 7) is 4.63. The van der Waals surface area contributed by atoms with E-state index < -0.39 is 0 Å². The van der Waals surface area contributed by atoms with E-state index in [0.717, 1.165) is 42.5 Å². The lowest BCUT2D eigenvalue weighted by Crippen LogP contribution is -2.25. The topological polar surface area (TPSA) is 29.9 Å². The third kappa shape index (κ3) is 2.50. The fourth-order valence-electron chi connectivity index (χ4n) is 2.53. The molecule has 0 aliphatic carbocycles. The summed E-state index contributed by atoms with van der Waals surface area (Å²) < 4.78 is 2.22. The Labute approximate surface area is 122 Å². The molecule has 0 fully saturated rings. The summed E-state index contributed by atoms with van der Waals surface area (Å²) in [5.74, 6) is 1.03. The van der Waals surface area contributed by atoms with Crippen LogP contribution >= 0.6 is 23.2 Å². The van der Waals surface area contributed by atoms with Gasteiger partial charge >= 0.3 is 0 Å². The minimum atomic E-state index is 0.712. The zero-order valence-electron chi connectivity index (χ0n) is 10.7. The van der Waals surface area contributed by atoms with Gasteiger partial charge in [-0.15, -0.1) is 0 Å². The lowest BCUT2D eigenvalue weighted by Gasteiger charge is -2.16. The zero-order chi connectivity index (χ0) is 13.4. The number of aryl methyl sites for hydroxylation is 1. The number of hydrogen-bond acceptors (Lipinski definition) is 2. The number of fused-ring (bicyclic) bond motifs is 1. The van der Waals surface area contributed by atoms with Crippen molar-refractivity contribution < 1.29 is 0 Å². The molecule has 2 aromatic rings. The second-order valence-electron chi connectivity index (χ2n) is 4.80. The normalized spacial score (nSPS) is 14.5. The first-order valence-corrected chi connectivity index (χ1v) is 7.10. The smallest absolute Gasteiger partial charge is 0.106 e.